The van der Waals surface area contributed by atoms with E-state index < -0.39 is 5.97 Å². The molecule has 0 bridgehead atoms. The van der Waals surface area contributed by atoms with Gasteiger partial charge in [-0.2, -0.15) is 0 Å². The lowest BCUT2D eigenvalue weighted by Gasteiger charge is -2.26. The summed E-state index contributed by atoms with van der Waals surface area (Å²) in [5.41, 5.74) is 1.82. The Balaban J connectivity index is 2.66. The Hall–Kier alpha value is -2.04. The Morgan fingerprint density at radius 2 is 1.84 bits per heavy atom. The second kappa shape index (κ2) is 6.78. The van der Waals surface area contributed by atoms with Gasteiger partial charge in [-0.15, -0.1) is 0 Å². The molecule has 0 unspecified atom stereocenters. The number of hydrogen-bond acceptors (Lipinski definition) is 2. The summed E-state index contributed by atoms with van der Waals surface area (Å²) in [7, 11) is 0. The number of hydrogen-bond donors (Lipinski definition) is 2. The van der Waals surface area contributed by atoms with Crippen molar-refractivity contribution < 1.29 is 14.7 Å². The molecule has 0 saturated heterocycles. The molecule has 2 amide bonds. The van der Waals surface area contributed by atoms with Gasteiger partial charge >= 0.3 is 12.0 Å². The fourth-order valence-electron chi connectivity index (χ4n) is 1.64. The van der Waals surface area contributed by atoms with Gasteiger partial charge in [0.1, 0.15) is 0 Å². The maximum atomic E-state index is 12.1. The second-order valence-corrected chi connectivity index (χ2v) is 4.73. The monoisotopic (exact) mass is 264 g/mol. The third kappa shape index (κ3) is 4.99. The molecule has 1 aromatic rings. The zero-order valence-electron chi connectivity index (χ0n) is 11.5. The minimum absolute atomic E-state index is 0.0511. The predicted molar refractivity (Wildman–Crippen MR) is 74.3 cm³/mol. The van der Waals surface area contributed by atoms with E-state index in [0.29, 0.717) is 5.69 Å². The van der Waals surface area contributed by atoms with Crippen molar-refractivity contribution in [1.82, 2.24) is 4.90 Å². The summed E-state index contributed by atoms with van der Waals surface area (Å²) >= 11 is 0. The third-order valence-electron chi connectivity index (χ3n) is 2.75. The predicted octanol–water partition coefficient (Wildman–Crippen LogP) is 2.71. The Morgan fingerprint density at radius 3 is 2.32 bits per heavy atom. The van der Waals surface area contributed by atoms with Gasteiger partial charge in [0.2, 0.25) is 0 Å². The molecule has 0 saturated carbocycles. The van der Waals surface area contributed by atoms with E-state index in [2.05, 4.69) is 5.32 Å². The van der Waals surface area contributed by atoms with Gasteiger partial charge in [0.05, 0.1) is 6.42 Å². The van der Waals surface area contributed by atoms with Crippen molar-refractivity contribution in [2.24, 2.45) is 0 Å². The van der Waals surface area contributed by atoms with Gasteiger partial charge in [-0.1, -0.05) is 17.7 Å². The highest BCUT2D eigenvalue weighted by atomic mass is 16.4. The van der Waals surface area contributed by atoms with Gasteiger partial charge < -0.3 is 15.3 Å². The van der Waals surface area contributed by atoms with Gasteiger partial charge in [0.15, 0.2) is 0 Å². The molecule has 0 fully saturated rings. The Labute approximate surface area is 113 Å². The summed E-state index contributed by atoms with van der Waals surface area (Å²) in [5, 5.41) is 11.5. The minimum Gasteiger partial charge on any atom is -0.481 e. The number of amides is 2. The van der Waals surface area contributed by atoms with Crippen LogP contribution in [0.15, 0.2) is 24.3 Å². The maximum absolute atomic E-state index is 12.1. The van der Waals surface area contributed by atoms with Crippen LogP contribution in [0.2, 0.25) is 0 Å². The fourth-order valence-corrected chi connectivity index (χ4v) is 1.64. The van der Waals surface area contributed by atoms with Crippen LogP contribution in [0.25, 0.3) is 0 Å². The number of aliphatic carboxylic acids is 1. The zero-order chi connectivity index (χ0) is 14.4. The molecule has 0 aromatic heterocycles. The number of urea groups is 1. The largest absolute Gasteiger partial charge is 0.481 e. The summed E-state index contributed by atoms with van der Waals surface area (Å²) in [4.78, 5) is 24.2. The first-order valence-electron chi connectivity index (χ1n) is 6.26. The molecular weight excluding hydrogens is 244 g/mol. The number of rotatable bonds is 5. The lowest BCUT2D eigenvalue weighted by molar-refractivity contribution is -0.137. The normalized spacial score (nSPS) is 10.3. The molecular formula is C14H20N2O3. The van der Waals surface area contributed by atoms with Crippen molar-refractivity contribution >= 4 is 17.7 Å². The summed E-state index contributed by atoms with van der Waals surface area (Å²) in [5.74, 6) is -0.909. The number of carbonyl (C=O) groups is 2. The Morgan fingerprint density at radius 1 is 1.26 bits per heavy atom. The first kappa shape index (κ1) is 15.0. The molecule has 1 aromatic carbocycles. The molecule has 5 nitrogen and oxygen atoms in total. The molecule has 0 heterocycles. The summed E-state index contributed by atoms with van der Waals surface area (Å²) in [6.45, 7) is 5.89. The lowest BCUT2D eigenvalue weighted by atomic mass is 10.2. The Bertz CT molecular complexity index is 441. The first-order chi connectivity index (χ1) is 8.90. The van der Waals surface area contributed by atoms with Crippen molar-refractivity contribution in [1.29, 1.82) is 0 Å². The van der Waals surface area contributed by atoms with E-state index in [1.165, 1.54) is 4.90 Å². The van der Waals surface area contributed by atoms with E-state index in [1.54, 1.807) is 0 Å². The highest BCUT2D eigenvalue weighted by molar-refractivity contribution is 5.89. The minimum atomic E-state index is -0.909. The summed E-state index contributed by atoms with van der Waals surface area (Å²) < 4.78 is 0. The molecule has 1 rings (SSSR count). The maximum Gasteiger partial charge on any atom is 0.322 e. The van der Waals surface area contributed by atoms with E-state index in [0.717, 1.165) is 5.56 Å². The number of benzene rings is 1. The van der Waals surface area contributed by atoms with Crippen LogP contribution in [0, 0.1) is 6.92 Å². The van der Waals surface area contributed by atoms with Crippen LogP contribution in [0.1, 0.15) is 25.8 Å². The molecule has 0 aliphatic rings. The number of nitrogens with zero attached hydrogens (tertiary/aromatic N) is 1. The number of anilines is 1. The van der Waals surface area contributed by atoms with Crippen molar-refractivity contribution in [2.75, 3.05) is 11.9 Å². The summed E-state index contributed by atoms with van der Waals surface area (Å²) in [6.07, 6.45) is -0.0561. The SMILES string of the molecule is Cc1ccc(NC(=O)N(CCC(=O)O)C(C)C)cc1. The van der Waals surface area contributed by atoms with Crippen molar-refractivity contribution in [3.8, 4) is 0 Å². The van der Waals surface area contributed by atoms with Crippen LogP contribution < -0.4 is 5.32 Å². The van der Waals surface area contributed by atoms with E-state index in [1.807, 2.05) is 45.0 Å². The second-order valence-electron chi connectivity index (χ2n) is 4.73. The fraction of sp³-hybridized carbons (Fsp3) is 0.429. The number of carboxylic acids is 1. The van der Waals surface area contributed by atoms with Crippen molar-refractivity contribution in [3.63, 3.8) is 0 Å². The zero-order valence-corrected chi connectivity index (χ0v) is 11.5. The van der Waals surface area contributed by atoms with E-state index in [9.17, 15) is 9.59 Å². The van der Waals surface area contributed by atoms with Crippen LogP contribution in [-0.4, -0.2) is 34.6 Å². The quantitative estimate of drug-likeness (QED) is 0.859. The molecule has 0 spiro atoms. The van der Waals surface area contributed by atoms with Gasteiger partial charge in [-0.05, 0) is 32.9 Å². The van der Waals surface area contributed by atoms with Crippen LogP contribution >= 0.6 is 0 Å². The number of carboxylic acid groups (broad SMARTS) is 1. The van der Waals surface area contributed by atoms with Crippen molar-refractivity contribution in [3.05, 3.63) is 29.8 Å². The molecule has 0 radical (unpaired) electrons. The topological polar surface area (TPSA) is 69.6 Å². The summed E-state index contributed by atoms with van der Waals surface area (Å²) in [6, 6.07) is 7.13. The standard InChI is InChI=1S/C14H20N2O3/c1-10(2)16(9-8-13(17)18)14(19)15-12-6-4-11(3)5-7-12/h4-7,10H,8-9H2,1-3H3,(H,15,19)(H,17,18). The number of carbonyl (C=O) groups excluding carboxylic acids is 1. The smallest absolute Gasteiger partial charge is 0.322 e. The molecule has 2 N–H and O–H groups in total. The van der Waals surface area contributed by atoms with E-state index in [-0.39, 0.29) is 25.0 Å². The third-order valence-corrected chi connectivity index (χ3v) is 2.75. The highest BCUT2D eigenvalue weighted by Gasteiger charge is 2.17. The van der Waals surface area contributed by atoms with Crippen LogP contribution in [0.4, 0.5) is 10.5 Å². The Kier molecular flexibility index (Phi) is 5.36. The molecule has 104 valence electrons. The van der Waals surface area contributed by atoms with Crippen molar-refractivity contribution in [2.45, 2.75) is 33.2 Å². The van der Waals surface area contributed by atoms with E-state index >= 15 is 0 Å². The van der Waals surface area contributed by atoms with Gasteiger partial charge in [-0.3, -0.25) is 4.79 Å². The number of aryl methyl sites for hydroxylation is 1. The molecule has 5 heteroatoms. The van der Waals surface area contributed by atoms with Gasteiger partial charge in [-0.25, -0.2) is 4.79 Å². The molecule has 0 aliphatic carbocycles. The van der Waals surface area contributed by atoms with Crippen LogP contribution in [0.5, 0.6) is 0 Å². The molecule has 0 atom stereocenters. The lowest BCUT2D eigenvalue weighted by Crippen LogP contribution is -2.41. The average Bonchev–Trinajstić information content (AvgIpc) is 2.31. The van der Waals surface area contributed by atoms with Crippen LogP contribution in [-0.2, 0) is 4.79 Å². The van der Waals surface area contributed by atoms with Gasteiger partial charge in [0.25, 0.3) is 0 Å². The van der Waals surface area contributed by atoms with Crippen LogP contribution in [0.3, 0.4) is 0 Å². The average molecular weight is 264 g/mol. The number of nitrogens with one attached hydrogen (secondary N) is 1. The first-order valence-corrected chi connectivity index (χ1v) is 6.26. The van der Waals surface area contributed by atoms with Gasteiger partial charge in [0, 0.05) is 18.3 Å². The van der Waals surface area contributed by atoms with E-state index in [4.69, 9.17) is 5.11 Å². The highest BCUT2D eigenvalue weighted by Crippen LogP contribution is 2.11. The molecule has 0 aliphatic heterocycles. The molecule has 19 heavy (non-hydrogen) atoms.